The second-order valence-corrected chi connectivity index (χ2v) is 5.05. The minimum atomic E-state index is 0.523. The van der Waals surface area contributed by atoms with Crippen molar-refractivity contribution in [1.82, 2.24) is 4.90 Å². The summed E-state index contributed by atoms with van der Waals surface area (Å²) in [5.41, 5.74) is 2.23. The zero-order valence-electron chi connectivity index (χ0n) is 8.73. The summed E-state index contributed by atoms with van der Waals surface area (Å²) in [6, 6.07) is 6.61. The van der Waals surface area contributed by atoms with Gasteiger partial charge in [-0.2, -0.15) is 0 Å². The van der Waals surface area contributed by atoms with E-state index < -0.39 is 0 Å². The highest BCUT2D eigenvalue weighted by Gasteiger charge is 2.41. The molecule has 3 aliphatic rings. The van der Waals surface area contributed by atoms with Crippen LogP contribution in [-0.2, 0) is 6.54 Å². The first-order chi connectivity index (χ1) is 7.83. The zero-order chi connectivity index (χ0) is 10.7. The fraction of sp³-hybridized carbons (Fsp3) is 0.308. The van der Waals surface area contributed by atoms with Crippen LogP contribution in [-0.4, -0.2) is 16.8 Å². The molecule has 0 amide bonds. The molecule has 4 rings (SSSR count). The molecule has 2 heterocycles. The third kappa shape index (κ3) is 1.00. The molecule has 80 valence electrons. The standard InChI is InChI=1S/C13H11ClN2/c14-11-3-1-2-9-7-16-10-5-4-8(6-10)13(16)15-12(9)11/h1-5,8,10H,6-7H2. The van der Waals surface area contributed by atoms with Crippen molar-refractivity contribution < 1.29 is 0 Å². The Balaban J connectivity index is 1.91. The third-order valence-corrected chi connectivity index (χ3v) is 4.03. The number of halogens is 1. The summed E-state index contributed by atoms with van der Waals surface area (Å²) in [4.78, 5) is 7.16. The summed E-state index contributed by atoms with van der Waals surface area (Å²) < 4.78 is 0. The lowest BCUT2D eigenvalue weighted by molar-refractivity contribution is 0.378. The van der Waals surface area contributed by atoms with Crippen molar-refractivity contribution in [1.29, 1.82) is 0 Å². The Morgan fingerprint density at radius 3 is 3.19 bits per heavy atom. The monoisotopic (exact) mass is 230 g/mol. The van der Waals surface area contributed by atoms with E-state index in [1.54, 1.807) is 0 Å². The van der Waals surface area contributed by atoms with Crippen LogP contribution in [0.1, 0.15) is 12.0 Å². The van der Waals surface area contributed by atoms with E-state index in [1.807, 2.05) is 12.1 Å². The highest BCUT2D eigenvalue weighted by atomic mass is 35.5. The van der Waals surface area contributed by atoms with Crippen LogP contribution in [0.25, 0.3) is 0 Å². The van der Waals surface area contributed by atoms with Crippen LogP contribution in [0.15, 0.2) is 35.3 Å². The fourth-order valence-corrected chi connectivity index (χ4v) is 3.18. The number of amidine groups is 1. The summed E-state index contributed by atoms with van der Waals surface area (Å²) >= 11 is 6.19. The van der Waals surface area contributed by atoms with Gasteiger partial charge < -0.3 is 4.90 Å². The number of para-hydroxylation sites is 1. The Morgan fingerprint density at radius 1 is 1.31 bits per heavy atom. The molecule has 1 saturated heterocycles. The Labute approximate surface area is 99.2 Å². The van der Waals surface area contributed by atoms with Crippen molar-refractivity contribution in [3.05, 3.63) is 40.9 Å². The number of fused-ring (bicyclic) bond motifs is 6. The van der Waals surface area contributed by atoms with Crippen LogP contribution in [0.2, 0.25) is 5.02 Å². The van der Waals surface area contributed by atoms with E-state index in [9.17, 15) is 0 Å². The van der Waals surface area contributed by atoms with Gasteiger partial charge >= 0.3 is 0 Å². The number of hydrogen-bond acceptors (Lipinski definition) is 2. The van der Waals surface area contributed by atoms with E-state index in [1.165, 1.54) is 17.8 Å². The lowest BCUT2D eigenvalue weighted by Gasteiger charge is -2.31. The molecule has 2 bridgehead atoms. The first-order valence-corrected chi connectivity index (χ1v) is 6.01. The smallest absolute Gasteiger partial charge is 0.113 e. The molecule has 0 saturated carbocycles. The van der Waals surface area contributed by atoms with Crippen LogP contribution in [0.5, 0.6) is 0 Å². The van der Waals surface area contributed by atoms with E-state index >= 15 is 0 Å². The Hall–Kier alpha value is -1.28. The van der Waals surface area contributed by atoms with Gasteiger partial charge in [-0.05, 0) is 18.1 Å². The van der Waals surface area contributed by atoms with Crippen LogP contribution in [0.4, 0.5) is 5.69 Å². The molecule has 2 nitrogen and oxygen atoms in total. The minimum absolute atomic E-state index is 0.523. The molecule has 3 heteroatoms. The predicted octanol–water partition coefficient (Wildman–Crippen LogP) is 3.14. The first-order valence-electron chi connectivity index (χ1n) is 5.64. The number of nitrogens with zero attached hydrogens (tertiary/aromatic N) is 2. The topological polar surface area (TPSA) is 15.6 Å². The Morgan fingerprint density at radius 2 is 2.25 bits per heavy atom. The lowest BCUT2D eigenvalue weighted by atomic mass is 10.1. The van der Waals surface area contributed by atoms with Gasteiger partial charge in [0.15, 0.2) is 0 Å². The highest BCUT2D eigenvalue weighted by Crippen LogP contribution is 2.42. The van der Waals surface area contributed by atoms with Crippen LogP contribution < -0.4 is 0 Å². The van der Waals surface area contributed by atoms with Crippen LogP contribution in [0.3, 0.4) is 0 Å². The Bertz CT molecular complexity index is 533. The van der Waals surface area contributed by atoms with Crippen molar-refractivity contribution >= 4 is 23.1 Å². The normalized spacial score (nSPS) is 29.1. The molecule has 2 aliphatic heterocycles. The van der Waals surface area contributed by atoms with Crippen LogP contribution >= 0.6 is 11.6 Å². The van der Waals surface area contributed by atoms with Crippen molar-refractivity contribution in [2.45, 2.75) is 19.0 Å². The van der Waals surface area contributed by atoms with Gasteiger partial charge in [-0.25, -0.2) is 4.99 Å². The molecule has 0 spiro atoms. The number of hydrogen-bond donors (Lipinski definition) is 0. The average Bonchev–Trinajstić information content (AvgIpc) is 2.88. The molecular weight excluding hydrogens is 220 g/mol. The average molecular weight is 231 g/mol. The summed E-state index contributed by atoms with van der Waals surface area (Å²) in [7, 11) is 0. The Kier molecular flexibility index (Phi) is 1.59. The predicted molar refractivity (Wildman–Crippen MR) is 65.1 cm³/mol. The number of aliphatic imine (C=N–C) groups is 1. The largest absolute Gasteiger partial charge is 0.349 e. The molecule has 2 unspecified atom stereocenters. The van der Waals surface area contributed by atoms with E-state index in [4.69, 9.17) is 16.6 Å². The summed E-state index contributed by atoms with van der Waals surface area (Å²) in [6.07, 6.45) is 5.78. The summed E-state index contributed by atoms with van der Waals surface area (Å²) in [5.74, 6) is 1.74. The molecule has 0 N–H and O–H groups in total. The maximum absolute atomic E-state index is 6.19. The van der Waals surface area contributed by atoms with Crippen LogP contribution in [0, 0.1) is 5.92 Å². The van der Waals surface area contributed by atoms with Gasteiger partial charge in [-0.3, -0.25) is 0 Å². The van der Waals surface area contributed by atoms with Gasteiger partial charge in [0.25, 0.3) is 0 Å². The quantitative estimate of drug-likeness (QED) is 0.626. The van der Waals surface area contributed by atoms with Crippen molar-refractivity contribution in [2.24, 2.45) is 10.9 Å². The number of benzene rings is 1. The maximum Gasteiger partial charge on any atom is 0.113 e. The van der Waals surface area contributed by atoms with Crippen molar-refractivity contribution in [2.75, 3.05) is 0 Å². The van der Waals surface area contributed by atoms with Crippen molar-refractivity contribution in [3.63, 3.8) is 0 Å². The maximum atomic E-state index is 6.19. The molecule has 0 radical (unpaired) electrons. The molecule has 1 aromatic rings. The number of rotatable bonds is 0. The van der Waals surface area contributed by atoms with E-state index in [2.05, 4.69) is 23.1 Å². The van der Waals surface area contributed by atoms with E-state index in [-0.39, 0.29) is 0 Å². The van der Waals surface area contributed by atoms with Gasteiger partial charge in [-0.1, -0.05) is 35.9 Å². The second-order valence-electron chi connectivity index (χ2n) is 4.64. The molecule has 2 atom stereocenters. The van der Waals surface area contributed by atoms with Gasteiger partial charge in [0.05, 0.1) is 10.7 Å². The molecule has 0 aromatic heterocycles. The summed E-state index contributed by atoms with van der Waals surface area (Å²) in [5, 5.41) is 0.774. The summed E-state index contributed by atoms with van der Waals surface area (Å²) in [6.45, 7) is 0.959. The van der Waals surface area contributed by atoms with Gasteiger partial charge in [0, 0.05) is 18.5 Å². The SMILES string of the molecule is Clc1cccc2c1N=C1C3C=CC(C3)N1C2. The lowest BCUT2D eigenvalue weighted by Crippen LogP contribution is -2.36. The molecule has 16 heavy (non-hydrogen) atoms. The highest BCUT2D eigenvalue weighted by molar-refractivity contribution is 6.33. The fourth-order valence-electron chi connectivity index (χ4n) is 2.94. The molecular formula is C13H11ClN2. The first kappa shape index (κ1) is 8.82. The van der Waals surface area contributed by atoms with E-state index in [0.717, 1.165) is 17.3 Å². The molecule has 1 aromatic carbocycles. The zero-order valence-corrected chi connectivity index (χ0v) is 9.48. The third-order valence-electron chi connectivity index (χ3n) is 3.72. The molecule has 1 aliphatic carbocycles. The van der Waals surface area contributed by atoms with Gasteiger partial charge in [0.2, 0.25) is 0 Å². The van der Waals surface area contributed by atoms with E-state index in [0.29, 0.717) is 12.0 Å². The van der Waals surface area contributed by atoms with Gasteiger partial charge in [0.1, 0.15) is 5.84 Å². The molecule has 1 fully saturated rings. The van der Waals surface area contributed by atoms with Crippen molar-refractivity contribution in [3.8, 4) is 0 Å². The van der Waals surface area contributed by atoms with Gasteiger partial charge in [-0.15, -0.1) is 0 Å². The second kappa shape index (κ2) is 2.89. The minimum Gasteiger partial charge on any atom is -0.349 e.